The highest BCUT2D eigenvalue weighted by atomic mass is 19.1. The summed E-state index contributed by atoms with van der Waals surface area (Å²) in [5.41, 5.74) is 0.543. The van der Waals surface area contributed by atoms with Crippen LogP contribution in [0.4, 0.5) is 8.78 Å². The first-order chi connectivity index (χ1) is 13.4. The molecule has 1 rings (SSSR count). The summed E-state index contributed by atoms with van der Waals surface area (Å²) in [6.07, 6.45) is 14.2. The third-order valence-corrected chi connectivity index (χ3v) is 5.92. The average molecular weight is 397 g/mol. The van der Waals surface area contributed by atoms with Crippen molar-refractivity contribution in [3.8, 4) is 0 Å². The number of halogens is 2. The van der Waals surface area contributed by atoms with Gasteiger partial charge in [0.05, 0.1) is 5.60 Å². The molecule has 0 amide bonds. The molecule has 3 heteroatoms. The highest BCUT2D eigenvalue weighted by molar-refractivity contribution is 5.18. The minimum absolute atomic E-state index is 0.0821. The molecule has 0 aromatic heterocycles. The maximum absolute atomic E-state index is 13.7. The second kappa shape index (κ2) is 14.1. The molecular formula is C25H42F2O. The van der Waals surface area contributed by atoms with E-state index in [1.54, 1.807) is 6.07 Å². The van der Waals surface area contributed by atoms with E-state index in [-0.39, 0.29) is 5.60 Å². The Labute approximate surface area is 172 Å². The largest absolute Gasteiger partial charge is 0.376 e. The molecular weight excluding hydrogens is 354 g/mol. The minimum atomic E-state index is -0.503. The summed E-state index contributed by atoms with van der Waals surface area (Å²) in [4.78, 5) is 0. The van der Waals surface area contributed by atoms with Gasteiger partial charge in [0.15, 0.2) is 0 Å². The Morgan fingerprint density at radius 2 is 1.46 bits per heavy atom. The highest BCUT2D eigenvalue weighted by Crippen LogP contribution is 2.31. The molecule has 28 heavy (non-hydrogen) atoms. The van der Waals surface area contributed by atoms with Crippen molar-refractivity contribution in [2.45, 2.75) is 110 Å². The van der Waals surface area contributed by atoms with Crippen molar-refractivity contribution in [1.29, 1.82) is 0 Å². The number of aryl methyl sites for hydroxylation is 1. The van der Waals surface area contributed by atoms with Crippen LogP contribution in [0.5, 0.6) is 0 Å². The van der Waals surface area contributed by atoms with Crippen molar-refractivity contribution in [2.75, 3.05) is 6.61 Å². The van der Waals surface area contributed by atoms with Crippen molar-refractivity contribution in [1.82, 2.24) is 0 Å². The summed E-state index contributed by atoms with van der Waals surface area (Å²) in [5, 5.41) is 0. The maximum Gasteiger partial charge on any atom is 0.129 e. The standard InChI is InChI=1S/C25H42F2O/c1-5-7-8-9-10-13-16-22(25(3,4)28-6-2)17-14-11-12-15-21-18-19-23(26)20-24(21)27/h18-20,22H,5-17H2,1-4H3. The van der Waals surface area contributed by atoms with Gasteiger partial charge in [-0.3, -0.25) is 0 Å². The van der Waals surface area contributed by atoms with Gasteiger partial charge in [0.1, 0.15) is 11.6 Å². The average Bonchev–Trinajstić information content (AvgIpc) is 2.63. The van der Waals surface area contributed by atoms with Crippen LogP contribution in [-0.4, -0.2) is 12.2 Å². The predicted molar refractivity (Wildman–Crippen MR) is 116 cm³/mol. The van der Waals surface area contributed by atoms with E-state index in [2.05, 4.69) is 27.7 Å². The van der Waals surface area contributed by atoms with Crippen LogP contribution in [0.1, 0.15) is 104 Å². The maximum atomic E-state index is 13.7. The summed E-state index contributed by atoms with van der Waals surface area (Å²) in [5.74, 6) is -0.350. The molecule has 0 N–H and O–H groups in total. The van der Waals surface area contributed by atoms with Crippen LogP contribution in [-0.2, 0) is 11.2 Å². The summed E-state index contributed by atoms with van der Waals surface area (Å²) < 4.78 is 32.8. The van der Waals surface area contributed by atoms with Crippen molar-refractivity contribution >= 4 is 0 Å². The zero-order valence-corrected chi connectivity index (χ0v) is 18.7. The Kier molecular flexibility index (Phi) is 12.6. The van der Waals surface area contributed by atoms with Gasteiger partial charge in [0, 0.05) is 12.7 Å². The number of hydrogen-bond acceptors (Lipinski definition) is 1. The molecule has 0 saturated carbocycles. The van der Waals surface area contributed by atoms with Crippen LogP contribution >= 0.6 is 0 Å². The zero-order chi connectivity index (χ0) is 20.8. The lowest BCUT2D eigenvalue weighted by Gasteiger charge is -2.34. The summed E-state index contributed by atoms with van der Waals surface area (Å²) in [7, 11) is 0. The van der Waals surface area contributed by atoms with Gasteiger partial charge < -0.3 is 4.74 Å². The van der Waals surface area contributed by atoms with Crippen molar-refractivity contribution in [3.05, 3.63) is 35.4 Å². The van der Waals surface area contributed by atoms with E-state index in [9.17, 15) is 8.78 Å². The van der Waals surface area contributed by atoms with Gasteiger partial charge in [-0.25, -0.2) is 8.78 Å². The van der Waals surface area contributed by atoms with E-state index >= 15 is 0 Å². The quantitative estimate of drug-likeness (QED) is 0.256. The fraction of sp³-hybridized carbons (Fsp3) is 0.760. The van der Waals surface area contributed by atoms with Crippen molar-refractivity contribution < 1.29 is 13.5 Å². The lowest BCUT2D eigenvalue weighted by Crippen LogP contribution is -2.34. The van der Waals surface area contributed by atoms with Gasteiger partial charge in [0.25, 0.3) is 0 Å². The molecule has 1 unspecified atom stereocenters. The molecule has 1 aromatic carbocycles. The molecule has 0 bridgehead atoms. The number of unbranched alkanes of at least 4 members (excludes halogenated alkanes) is 7. The van der Waals surface area contributed by atoms with E-state index in [1.807, 2.05) is 0 Å². The van der Waals surface area contributed by atoms with Gasteiger partial charge in [-0.2, -0.15) is 0 Å². The SMILES string of the molecule is CCCCCCCCC(CCCCCc1ccc(F)cc1F)C(C)(C)OCC. The predicted octanol–water partition coefficient (Wildman–Crippen LogP) is 8.25. The molecule has 1 atom stereocenters. The van der Waals surface area contributed by atoms with E-state index in [1.165, 1.54) is 51.0 Å². The molecule has 162 valence electrons. The van der Waals surface area contributed by atoms with Crippen LogP contribution in [0.3, 0.4) is 0 Å². The third kappa shape index (κ3) is 10.0. The van der Waals surface area contributed by atoms with Crippen LogP contribution in [0.2, 0.25) is 0 Å². The van der Waals surface area contributed by atoms with E-state index in [4.69, 9.17) is 4.74 Å². The van der Waals surface area contributed by atoms with Crippen LogP contribution in [0, 0.1) is 17.6 Å². The van der Waals surface area contributed by atoms with Crippen LogP contribution < -0.4 is 0 Å². The van der Waals surface area contributed by atoms with Crippen LogP contribution in [0.15, 0.2) is 18.2 Å². The molecule has 0 fully saturated rings. The number of rotatable bonds is 16. The first-order valence-electron chi connectivity index (χ1n) is 11.5. The van der Waals surface area contributed by atoms with Gasteiger partial charge in [-0.05, 0) is 64.0 Å². The molecule has 1 nitrogen and oxygen atoms in total. The van der Waals surface area contributed by atoms with Crippen molar-refractivity contribution in [2.24, 2.45) is 5.92 Å². The molecule has 0 saturated heterocycles. The third-order valence-electron chi connectivity index (χ3n) is 5.92. The molecule has 0 aliphatic carbocycles. The summed E-state index contributed by atoms with van der Waals surface area (Å²) in [6.45, 7) is 9.54. The highest BCUT2D eigenvalue weighted by Gasteiger charge is 2.28. The monoisotopic (exact) mass is 396 g/mol. The first kappa shape index (κ1) is 25.1. The summed E-state index contributed by atoms with van der Waals surface area (Å²) >= 11 is 0. The molecule has 0 spiro atoms. The Bertz CT molecular complexity index is 527. The number of benzene rings is 1. The number of hydrogen-bond donors (Lipinski definition) is 0. The Morgan fingerprint density at radius 3 is 2.07 bits per heavy atom. The summed E-state index contributed by atoms with van der Waals surface area (Å²) in [6, 6.07) is 3.90. The van der Waals surface area contributed by atoms with Gasteiger partial charge in [-0.15, -0.1) is 0 Å². The topological polar surface area (TPSA) is 9.23 Å². The van der Waals surface area contributed by atoms with Crippen molar-refractivity contribution in [3.63, 3.8) is 0 Å². The normalized spacial score (nSPS) is 13.1. The lowest BCUT2D eigenvalue weighted by atomic mass is 9.82. The fourth-order valence-electron chi connectivity index (χ4n) is 4.11. The van der Waals surface area contributed by atoms with E-state index in [0.29, 0.717) is 17.9 Å². The molecule has 0 radical (unpaired) electrons. The van der Waals surface area contributed by atoms with Gasteiger partial charge in [0.2, 0.25) is 0 Å². The lowest BCUT2D eigenvalue weighted by molar-refractivity contribution is -0.0605. The first-order valence-corrected chi connectivity index (χ1v) is 11.5. The van der Waals surface area contributed by atoms with E-state index in [0.717, 1.165) is 38.4 Å². The Morgan fingerprint density at radius 1 is 0.857 bits per heavy atom. The van der Waals surface area contributed by atoms with Crippen LogP contribution in [0.25, 0.3) is 0 Å². The van der Waals surface area contributed by atoms with E-state index < -0.39 is 11.6 Å². The molecule has 0 aliphatic rings. The zero-order valence-electron chi connectivity index (χ0n) is 18.7. The minimum Gasteiger partial charge on any atom is -0.376 e. The number of ether oxygens (including phenoxy) is 1. The fourth-order valence-corrected chi connectivity index (χ4v) is 4.11. The Balaban J connectivity index is 2.36. The second-order valence-corrected chi connectivity index (χ2v) is 8.62. The Hall–Kier alpha value is -0.960. The second-order valence-electron chi connectivity index (χ2n) is 8.62. The van der Waals surface area contributed by atoms with Gasteiger partial charge >= 0.3 is 0 Å². The molecule has 1 aromatic rings. The smallest absolute Gasteiger partial charge is 0.129 e. The van der Waals surface area contributed by atoms with Gasteiger partial charge in [-0.1, -0.05) is 64.4 Å². The molecule has 0 aliphatic heterocycles. The molecule has 0 heterocycles.